The zero-order chi connectivity index (χ0) is 13.1. The summed E-state index contributed by atoms with van der Waals surface area (Å²) in [5.41, 5.74) is 1.74. The van der Waals surface area contributed by atoms with Crippen LogP contribution in [0.5, 0.6) is 0 Å². The van der Waals surface area contributed by atoms with E-state index >= 15 is 0 Å². The highest BCUT2D eigenvalue weighted by Crippen LogP contribution is 2.09. The van der Waals surface area contributed by atoms with E-state index in [1.54, 1.807) is 0 Å². The lowest BCUT2D eigenvalue weighted by molar-refractivity contribution is -0.880. The molecule has 0 spiro atoms. The molecule has 0 unspecified atom stereocenters. The molecule has 2 heterocycles. The van der Waals surface area contributed by atoms with Crippen LogP contribution in [0.1, 0.15) is 24.6 Å². The number of quaternary nitrogens is 1. The number of hydrogen-bond donors (Lipinski definition) is 2. The van der Waals surface area contributed by atoms with Gasteiger partial charge in [-0.25, -0.2) is 4.98 Å². The summed E-state index contributed by atoms with van der Waals surface area (Å²) in [6.45, 7) is 8.13. The van der Waals surface area contributed by atoms with E-state index in [0.717, 1.165) is 56.2 Å². The molecule has 2 N–H and O–H groups in total. The van der Waals surface area contributed by atoms with Crippen LogP contribution in [-0.2, 0) is 6.42 Å². The summed E-state index contributed by atoms with van der Waals surface area (Å²) in [5.74, 6) is 0.741. The lowest BCUT2D eigenvalue weighted by Gasteiger charge is -2.30. The van der Waals surface area contributed by atoms with Crippen LogP contribution in [0.2, 0.25) is 0 Å². The number of aromatic nitrogens is 2. The molecule has 1 fully saturated rings. The minimum atomic E-state index is 0.0330. The molecule has 0 radical (unpaired) electrons. The molecule has 5 heteroatoms. The lowest BCUT2D eigenvalue weighted by atomic mass is 10.1. The van der Waals surface area contributed by atoms with Gasteiger partial charge in [-0.2, -0.15) is 0 Å². The van der Waals surface area contributed by atoms with E-state index in [0.29, 0.717) is 0 Å². The van der Waals surface area contributed by atoms with Gasteiger partial charge in [-0.3, -0.25) is 9.78 Å². The summed E-state index contributed by atoms with van der Waals surface area (Å²) in [7, 11) is 2.20. The average molecular weight is 251 g/mol. The summed E-state index contributed by atoms with van der Waals surface area (Å²) in [5, 5.41) is 0. The third-order valence-electron chi connectivity index (χ3n) is 3.63. The van der Waals surface area contributed by atoms with Crippen molar-refractivity contribution in [3.05, 3.63) is 21.6 Å². The van der Waals surface area contributed by atoms with Crippen LogP contribution in [0.4, 0.5) is 5.95 Å². The van der Waals surface area contributed by atoms with Crippen LogP contribution in [0, 0.1) is 6.92 Å². The molecule has 0 aromatic carbocycles. The van der Waals surface area contributed by atoms with Crippen molar-refractivity contribution in [3.8, 4) is 0 Å². The number of aryl methyl sites for hydroxylation is 1. The van der Waals surface area contributed by atoms with Crippen LogP contribution in [0.3, 0.4) is 0 Å². The number of piperazine rings is 1. The number of rotatable bonds is 3. The van der Waals surface area contributed by atoms with Crippen molar-refractivity contribution in [3.63, 3.8) is 0 Å². The normalized spacial score (nSPS) is 17.2. The quantitative estimate of drug-likeness (QED) is 0.752. The molecule has 0 aliphatic carbocycles. The first-order chi connectivity index (χ1) is 8.61. The summed E-state index contributed by atoms with van der Waals surface area (Å²) in [6, 6.07) is 0. The molecular weight excluding hydrogens is 228 g/mol. The Morgan fingerprint density at radius 2 is 2.06 bits per heavy atom. The predicted molar refractivity (Wildman–Crippen MR) is 72.4 cm³/mol. The molecule has 5 nitrogen and oxygen atoms in total. The third kappa shape index (κ3) is 2.72. The average Bonchev–Trinajstić information content (AvgIpc) is 2.34. The number of nitrogens with zero attached hydrogens (tertiary/aromatic N) is 2. The summed E-state index contributed by atoms with van der Waals surface area (Å²) in [4.78, 5) is 23.2. The van der Waals surface area contributed by atoms with Gasteiger partial charge in [0.05, 0.1) is 33.2 Å². The standard InChI is InChI=1S/C13H22N4O/c1-4-5-11-10(2)14-13(15-12(11)18)17-8-6-16(3)7-9-17/h4-9H2,1-3H3,(H,14,15,18)/p+1. The molecule has 1 aromatic rings. The van der Waals surface area contributed by atoms with Crippen molar-refractivity contribution < 1.29 is 4.90 Å². The highest BCUT2D eigenvalue weighted by molar-refractivity contribution is 5.33. The van der Waals surface area contributed by atoms with Crippen molar-refractivity contribution in [1.29, 1.82) is 0 Å². The SMILES string of the molecule is CCCc1c(C)nc(N2CC[NH+](C)CC2)[nH]c1=O. The summed E-state index contributed by atoms with van der Waals surface area (Å²) >= 11 is 0. The Morgan fingerprint density at radius 3 is 2.61 bits per heavy atom. The molecule has 0 amide bonds. The van der Waals surface area contributed by atoms with Gasteiger partial charge in [0.25, 0.3) is 5.56 Å². The maximum absolute atomic E-state index is 12.0. The van der Waals surface area contributed by atoms with Gasteiger partial charge in [0.15, 0.2) is 0 Å². The zero-order valence-corrected chi connectivity index (χ0v) is 11.5. The number of anilines is 1. The minimum absolute atomic E-state index is 0.0330. The molecule has 1 aliphatic heterocycles. The number of nitrogens with one attached hydrogen (secondary N) is 2. The number of hydrogen-bond acceptors (Lipinski definition) is 3. The van der Waals surface area contributed by atoms with Gasteiger partial charge >= 0.3 is 0 Å². The smallest absolute Gasteiger partial charge is 0.255 e. The second-order valence-corrected chi connectivity index (χ2v) is 5.15. The van der Waals surface area contributed by atoms with E-state index in [1.165, 1.54) is 4.90 Å². The zero-order valence-electron chi connectivity index (χ0n) is 11.5. The van der Waals surface area contributed by atoms with Crippen molar-refractivity contribution >= 4 is 5.95 Å². The Bertz CT molecular complexity index is 461. The molecule has 0 bridgehead atoms. The van der Waals surface area contributed by atoms with Crippen LogP contribution in [0.15, 0.2) is 4.79 Å². The molecule has 1 aromatic heterocycles. The van der Waals surface area contributed by atoms with Crippen molar-refractivity contribution in [2.45, 2.75) is 26.7 Å². The predicted octanol–water partition coefficient (Wildman–Crippen LogP) is -0.634. The van der Waals surface area contributed by atoms with Gasteiger partial charge < -0.3 is 9.80 Å². The van der Waals surface area contributed by atoms with Gasteiger partial charge in [-0.05, 0) is 13.3 Å². The summed E-state index contributed by atoms with van der Waals surface area (Å²) < 4.78 is 0. The molecule has 1 saturated heterocycles. The van der Waals surface area contributed by atoms with Crippen LogP contribution >= 0.6 is 0 Å². The molecule has 2 rings (SSSR count). The van der Waals surface area contributed by atoms with Crippen molar-refractivity contribution in [1.82, 2.24) is 9.97 Å². The Balaban J connectivity index is 2.22. The van der Waals surface area contributed by atoms with Gasteiger partial charge in [-0.15, -0.1) is 0 Å². The maximum Gasteiger partial charge on any atom is 0.255 e. The summed E-state index contributed by atoms with van der Waals surface area (Å²) in [6.07, 6.45) is 1.78. The minimum Gasteiger partial charge on any atom is -0.334 e. The molecular formula is C13H23N4O+. The molecule has 100 valence electrons. The van der Waals surface area contributed by atoms with Gasteiger partial charge in [0.2, 0.25) is 5.95 Å². The number of H-pyrrole nitrogens is 1. The van der Waals surface area contributed by atoms with Crippen LogP contribution in [-0.4, -0.2) is 43.2 Å². The van der Waals surface area contributed by atoms with E-state index in [1.807, 2.05) is 6.92 Å². The van der Waals surface area contributed by atoms with Crippen LogP contribution < -0.4 is 15.4 Å². The third-order valence-corrected chi connectivity index (χ3v) is 3.63. The first-order valence-electron chi connectivity index (χ1n) is 6.78. The van der Waals surface area contributed by atoms with Crippen molar-refractivity contribution in [2.24, 2.45) is 0 Å². The van der Waals surface area contributed by atoms with Crippen molar-refractivity contribution in [2.75, 3.05) is 38.1 Å². The van der Waals surface area contributed by atoms with E-state index in [2.05, 4.69) is 28.8 Å². The van der Waals surface area contributed by atoms with Crippen LogP contribution in [0.25, 0.3) is 0 Å². The first-order valence-corrected chi connectivity index (χ1v) is 6.78. The topological polar surface area (TPSA) is 53.4 Å². The lowest BCUT2D eigenvalue weighted by Crippen LogP contribution is -3.12. The fourth-order valence-corrected chi connectivity index (χ4v) is 2.39. The van der Waals surface area contributed by atoms with E-state index in [4.69, 9.17) is 0 Å². The van der Waals surface area contributed by atoms with E-state index < -0.39 is 0 Å². The molecule has 18 heavy (non-hydrogen) atoms. The number of likely N-dealkylation sites (N-methyl/N-ethyl adjacent to an activating group) is 1. The second kappa shape index (κ2) is 5.52. The number of aromatic amines is 1. The molecule has 1 aliphatic rings. The fourth-order valence-electron chi connectivity index (χ4n) is 2.39. The highest BCUT2D eigenvalue weighted by Gasteiger charge is 2.19. The molecule has 0 atom stereocenters. The second-order valence-electron chi connectivity index (χ2n) is 5.15. The van der Waals surface area contributed by atoms with Gasteiger partial charge in [-0.1, -0.05) is 13.3 Å². The first kappa shape index (κ1) is 13.1. The Kier molecular flexibility index (Phi) is 4.01. The molecule has 0 saturated carbocycles. The van der Waals surface area contributed by atoms with E-state index in [9.17, 15) is 4.79 Å². The Labute approximate surface area is 108 Å². The maximum atomic E-state index is 12.0. The van der Waals surface area contributed by atoms with Gasteiger partial charge in [0.1, 0.15) is 0 Å². The monoisotopic (exact) mass is 251 g/mol. The largest absolute Gasteiger partial charge is 0.334 e. The Morgan fingerprint density at radius 1 is 1.39 bits per heavy atom. The van der Waals surface area contributed by atoms with E-state index in [-0.39, 0.29) is 5.56 Å². The fraction of sp³-hybridized carbons (Fsp3) is 0.692. The van der Waals surface area contributed by atoms with Gasteiger partial charge in [0, 0.05) is 11.3 Å². The Hall–Kier alpha value is -1.36. The highest BCUT2D eigenvalue weighted by atomic mass is 16.1.